The van der Waals surface area contributed by atoms with Gasteiger partial charge in [-0.05, 0) is 27.2 Å². The Morgan fingerprint density at radius 3 is 2.78 bits per heavy atom. The van der Waals surface area contributed by atoms with E-state index < -0.39 is 10.5 Å². The van der Waals surface area contributed by atoms with E-state index in [1.807, 2.05) is 20.8 Å². The summed E-state index contributed by atoms with van der Waals surface area (Å²) in [5, 5.41) is 10.6. The van der Waals surface area contributed by atoms with E-state index >= 15 is 0 Å². The highest BCUT2D eigenvalue weighted by molar-refractivity contribution is 5.68. The third-order valence-corrected chi connectivity index (χ3v) is 3.34. The van der Waals surface area contributed by atoms with Crippen LogP contribution in [0.15, 0.2) is 18.3 Å². The average molecular weight is 323 g/mol. The normalized spacial score (nSPS) is 17.9. The number of hydrogen-bond donors (Lipinski definition) is 0. The number of carbonyl (C=O) groups is 1. The molecular weight excluding hydrogens is 302 g/mol. The predicted octanol–water partition coefficient (Wildman–Crippen LogP) is 2.63. The Bertz CT molecular complexity index is 567. The maximum atomic E-state index is 12.0. The Morgan fingerprint density at radius 1 is 1.48 bits per heavy atom. The van der Waals surface area contributed by atoms with Gasteiger partial charge < -0.3 is 14.4 Å². The highest BCUT2D eigenvalue weighted by Gasteiger charge is 2.30. The third kappa shape index (κ3) is 5.08. The number of likely N-dealkylation sites (tertiary alicyclic amines) is 1. The van der Waals surface area contributed by atoms with Crippen molar-refractivity contribution in [3.63, 3.8) is 0 Å². The molecule has 1 aliphatic rings. The molecular formula is C15H21N3O5. The van der Waals surface area contributed by atoms with E-state index in [4.69, 9.17) is 9.47 Å². The van der Waals surface area contributed by atoms with Gasteiger partial charge in [-0.25, -0.2) is 9.78 Å². The number of nitrogens with zero attached hydrogens (tertiary/aromatic N) is 3. The summed E-state index contributed by atoms with van der Waals surface area (Å²) in [7, 11) is 0. The van der Waals surface area contributed by atoms with Crippen molar-refractivity contribution in [2.75, 3.05) is 19.7 Å². The number of aromatic nitrogens is 1. The van der Waals surface area contributed by atoms with Gasteiger partial charge in [0.25, 0.3) is 5.69 Å². The standard InChI is InChI=1S/C15H21N3O5/c1-15(2,3)23-14(19)17-7-6-11(9-17)10-22-13-5-4-12(8-16-13)18(20)21/h4-5,8,11H,6-7,9-10H2,1-3H3/t11-/m1/s1. The topological polar surface area (TPSA) is 94.8 Å². The van der Waals surface area contributed by atoms with Crippen molar-refractivity contribution in [3.05, 3.63) is 28.4 Å². The molecule has 1 aliphatic heterocycles. The van der Waals surface area contributed by atoms with Crippen LogP contribution in [0.1, 0.15) is 27.2 Å². The van der Waals surface area contributed by atoms with Crippen LogP contribution in [0.5, 0.6) is 5.88 Å². The predicted molar refractivity (Wildman–Crippen MR) is 82.3 cm³/mol. The average Bonchev–Trinajstić information content (AvgIpc) is 2.93. The number of rotatable bonds is 4. The zero-order chi connectivity index (χ0) is 17.0. The number of amides is 1. The zero-order valence-electron chi connectivity index (χ0n) is 13.5. The quantitative estimate of drug-likeness (QED) is 0.624. The summed E-state index contributed by atoms with van der Waals surface area (Å²) in [5.41, 5.74) is -0.580. The van der Waals surface area contributed by atoms with Gasteiger partial charge in [0.1, 0.15) is 11.8 Å². The van der Waals surface area contributed by atoms with Crippen LogP contribution in [0, 0.1) is 16.0 Å². The first-order valence-corrected chi connectivity index (χ1v) is 7.46. The van der Waals surface area contributed by atoms with E-state index in [9.17, 15) is 14.9 Å². The van der Waals surface area contributed by atoms with E-state index in [1.165, 1.54) is 12.1 Å². The lowest BCUT2D eigenvalue weighted by Gasteiger charge is -2.24. The molecule has 126 valence electrons. The SMILES string of the molecule is CC(C)(C)OC(=O)N1CC[C@@H](COc2ccc([N+](=O)[O-])cn2)C1. The lowest BCUT2D eigenvalue weighted by Crippen LogP contribution is -2.35. The summed E-state index contributed by atoms with van der Waals surface area (Å²) in [4.78, 5) is 27.6. The van der Waals surface area contributed by atoms with Crippen molar-refractivity contribution in [1.82, 2.24) is 9.88 Å². The summed E-state index contributed by atoms with van der Waals surface area (Å²) in [5.74, 6) is 0.533. The van der Waals surface area contributed by atoms with Crippen molar-refractivity contribution >= 4 is 11.8 Å². The zero-order valence-corrected chi connectivity index (χ0v) is 13.5. The van der Waals surface area contributed by atoms with Crippen LogP contribution in [0.2, 0.25) is 0 Å². The van der Waals surface area contributed by atoms with Crippen LogP contribution in [0.25, 0.3) is 0 Å². The molecule has 1 aromatic heterocycles. The fraction of sp³-hybridized carbons (Fsp3) is 0.600. The van der Waals surface area contributed by atoms with Gasteiger partial charge in [-0.2, -0.15) is 0 Å². The van der Waals surface area contributed by atoms with E-state index in [1.54, 1.807) is 4.90 Å². The molecule has 1 amide bonds. The molecule has 0 unspecified atom stereocenters. The molecule has 1 fully saturated rings. The number of pyridine rings is 1. The summed E-state index contributed by atoms with van der Waals surface area (Å²) in [6, 6.07) is 2.82. The van der Waals surface area contributed by atoms with Crippen LogP contribution in [0.3, 0.4) is 0 Å². The van der Waals surface area contributed by atoms with Crippen molar-refractivity contribution in [3.8, 4) is 5.88 Å². The maximum absolute atomic E-state index is 12.0. The molecule has 1 saturated heterocycles. The third-order valence-electron chi connectivity index (χ3n) is 3.34. The summed E-state index contributed by atoms with van der Waals surface area (Å²) >= 11 is 0. The largest absolute Gasteiger partial charge is 0.477 e. The van der Waals surface area contributed by atoms with Crippen LogP contribution in [0.4, 0.5) is 10.5 Å². The van der Waals surface area contributed by atoms with Crippen LogP contribution in [-0.4, -0.2) is 46.2 Å². The van der Waals surface area contributed by atoms with Crippen LogP contribution >= 0.6 is 0 Å². The first-order chi connectivity index (χ1) is 10.7. The monoisotopic (exact) mass is 323 g/mol. The maximum Gasteiger partial charge on any atom is 0.410 e. The molecule has 1 aromatic rings. The second kappa shape index (κ2) is 6.80. The molecule has 0 bridgehead atoms. The van der Waals surface area contributed by atoms with Crippen LogP contribution < -0.4 is 4.74 Å². The summed E-state index contributed by atoms with van der Waals surface area (Å²) in [6.45, 7) is 7.12. The van der Waals surface area contributed by atoms with Crippen molar-refractivity contribution in [1.29, 1.82) is 0 Å². The number of hydrogen-bond acceptors (Lipinski definition) is 6. The molecule has 0 aliphatic carbocycles. The fourth-order valence-corrected chi connectivity index (χ4v) is 2.23. The van der Waals surface area contributed by atoms with Gasteiger partial charge in [-0.3, -0.25) is 10.1 Å². The number of ether oxygens (including phenoxy) is 2. The minimum atomic E-state index is -0.507. The fourth-order valence-electron chi connectivity index (χ4n) is 2.23. The van der Waals surface area contributed by atoms with E-state index in [-0.39, 0.29) is 17.7 Å². The molecule has 0 N–H and O–H groups in total. The highest BCUT2D eigenvalue weighted by Crippen LogP contribution is 2.21. The first kappa shape index (κ1) is 17.0. The molecule has 0 saturated carbocycles. The Hall–Kier alpha value is -2.38. The summed E-state index contributed by atoms with van der Waals surface area (Å²) < 4.78 is 10.9. The Labute approximate surface area is 134 Å². The van der Waals surface area contributed by atoms with Gasteiger partial charge in [0, 0.05) is 31.1 Å². The molecule has 0 spiro atoms. The van der Waals surface area contributed by atoms with Crippen molar-refractivity contribution in [2.24, 2.45) is 5.92 Å². The van der Waals surface area contributed by atoms with Gasteiger partial charge in [-0.1, -0.05) is 0 Å². The lowest BCUT2D eigenvalue weighted by molar-refractivity contribution is -0.385. The Balaban J connectivity index is 1.79. The van der Waals surface area contributed by atoms with Gasteiger partial charge >= 0.3 is 6.09 Å². The number of carbonyl (C=O) groups excluding carboxylic acids is 1. The molecule has 2 heterocycles. The molecule has 23 heavy (non-hydrogen) atoms. The highest BCUT2D eigenvalue weighted by atomic mass is 16.6. The molecule has 0 radical (unpaired) electrons. The van der Waals surface area contributed by atoms with Gasteiger partial charge in [0.2, 0.25) is 5.88 Å². The molecule has 0 aromatic carbocycles. The van der Waals surface area contributed by atoms with E-state index in [0.29, 0.717) is 25.6 Å². The summed E-state index contributed by atoms with van der Waals surface area (Å²) in [6.07, 6.45) is 1.68. The van der Waals surface area contributed by atoms with Crippen LogP contribution in [-0.2, 0) is 4.74 Å². The molecule has 2 rings (SSSR count). The molecule has 8 nitrogen and oxygen atoms in total. The minimum Gasteiger partial charge on any atom is -0.477 e. The first-order valence-electron chi connectivity index (χ1n) is 7.46. The second-order valence-electron chi connectivity index (χ2n) is 6.50. The van der Waals surface area contributed by atoms with E-state index in [0.717, 1.165) is 12.6 Å². The van der Waals surface area contributed by atoms with Crippen molar-refractivity contribution in [2.45, 2.75) is 32.8 Å². The molecule has 1 atom stereocenters. The molecule has 8 heteroatoms. The van der Waals surface area contributed by atoms with E-state index in [2.05, 4.69) is 4.98 Å². The van der Waals surface area contributed by atoms with Gasteiger partial charge in [-0.15, -0.1) is 0 Å². The Kier molecular flexibility index (Phi) is 5.02. The van der Waals surface area contributed by atoms with Gasteiger partial charge in [0.05, 0.1) is 11.5 Å². The minimum absolute atomic E-state index is 0.0747. The van der Waals surface area contributed by atoms with Gasteiger partial charge in [0.15, 0.2) is 0 Å². The lowest BCUT2D eigenvalue weighted by atomic mass is 10.1. The van der Waals surface area contributed by atoms with Crippen molar-refractivity contribution < 1.29 is 19.2 Å². The number of nitro groups is 1. The smallest absolute Gasteiger partial charge is 0.410 e. The Morgan fingerprint density at radius 2 is 2.22 bits per heavy atom. The second-order valence-corrected chi connectivity index (χ2v) is 6.50.